The fourth-order valence-corrected chi connectivity index (χ4v) is 2.86. The lowest BCUT2D eigenvalue weighted by atomic mass is 9.91. The van der Waals surface area contributed by atoms with Crippen molar-refractivity contribution in [3.05, 3.63) is 78.0 Å². The third-order valence-electron chi connectivity index (χ3n) is 4.23. The van der Waals surface area contributed by atoms with Gasteiger partial charge in [-0.3, -0.25) is 4.79 Å². The zero-order valence-corrected chi connectivity index (χ0v) is 12.6. The maximum atomic E-state index is 12.5. The average Bonchev–Trinajstić information content (AvgIpc) is 3.05. The molecule has 114 valence electrons. The topological polar surface area (TPSA) is 46.3 Å². The van der Waals surface area contributed by atoms with Gasteiger partial charge in [0.2, 0.25) is 0 Å². The molecule has 0 aliphatic carbocycles. The highest BCUT2D eigenvalue weighted by Gasteiger charge is 2.33. The number of carbonyl (C=O) groups is 1. The molecule has 1 aromatic heterocycles. The number of hydrogen-bond donors (Lipinski definition) is 0. The number of likely N-dealkylation sites (tertiary alicyclic amines) is 1. The molecule has 0 bridgehead atoms. The molecule has 2 aromatic carbocycles. The van der Waals surface area contributed by atoms with E-state index in [0.29, 0.717) is 17.4 Å². The maximum absolute atomic E-state index is 12.5. The second kappa shape index (κ2) is 5.72. The molecule has 0 spiro atoms. The first-order valence-electron chi connectivity index (χ1n) is 7.67. The van der Waals surface area contributed by atoms with Gasteiger partial charge in [-0.2, -0.15) is 0 Å². The van der Waals surface area contributed by atoms with Gasteiger partial charge in [0.05, 0.1) is 0 Å². The smallest absolute Gasteiger partial charge is 0.276 e. The Morgan fingerprint density at radius 1 is 1.00 bits per heavy atom. The standard InChI is InChI=1S/C19H16N2O2/c22-19(21-12-16(13-21)14-7-3-1-4-8-14)17-11-18(23-20-17)15-9-5-2-6-10-15/h1-11,16H,12-13H2. The van der Waals surface area contributed by atoms with Crippen LogP contribution in [0.3, 0.4) is 0 Å². The Hall–Kier alpha value is -2.88. The van der Waals surface area contributed by atoms with Crippen LogP contribution in [0.2, 0.25) is 0 Å². The van der Waals surface area contributed by atoms with Crippen molar-refractivity contribution < 1.29 is 9.32 Å². The predicted octanol–water partition coefficient (Wildman–Crippen LogP) is 3.58. The molecule has 0 atom stereocenters. The second-order valence-corrected chi connectivity index (χ2v) is 5.76. The largest absolute Gasteiger partial charge is 0.355 e. The highest BCUT2D eigenvalue weighted by atomic mass is 16.5. The normalized spacial score (nSPS) is 14.5. The van der Waals surface area contributed by atoms with E-state index in [9.17, 15) is 4.79 Å². The van der Waals surface area contributed by atoms with Gasteiger partial charge in [0.15, 0.2) is 11.5 Å². The quantitative estimate of drug-likeness (QED) is 0.743. The van der Waals surface area contributed by atoms with Gasteiger partial charge in [0.1, 0.15) is 0 Å². The molecule has 0 saturated carbocycles. The molecular formula is C19H16N2O2. The first-order chi connectivity index (χ1) is 11.3. The number of aromatic nitrogens is 1. The van der Waals surface area contributed by atoms with E-state index in [0.717, 1.165) is 18.7 Å². The van der Waals surface area contributed by atoms with Crippen LogP contribution in [0.1, 0.15) is 22.0 Å². The van der Waals surface area contributed by atoms with Gasteiger partial charge in [-0.25, -0.2) is 0 Å². The third kappa shape index (κ3) is 2.63. The fraction of sp³-hybridized carbons (Fsp3) is 0.158. The molecule has 0 radical (unpaired) electrons. The van der Waals surface area contributed by atoms with E-state index < -0.39 is 0 Å². The van der Waals surface area contributed by atoms with Gasteiger partial charge in [-0.15, -0.1) is 0 Å². The summed E-state index contributed by atoms with van der Waals surface area (Å²) in [4.78, 5) is 14.3. The highest BCUT2D eigenvalue weighted by molar-refractivity contribution is 5.93. The number of amides is 1. The maximum Gasteiger partial charge on any atom is 0.276 e. The van der Waals surface area contributed by atoms with Crippen LogP contribution in [0, 0.1) is 0 Å². The van der Waals surface area contributed by atoms with Crippen LogP contribution in [0.5, 0.6) is 0 Å². The Kier molecular flexibility index (Phi) is 3.42. The van der Waals surface area contributed by atoms with Crippen LogP contribution in [0.25, 0.3) is 11.3 Å². The van der Waals surface area contributed by atoms with Crippen molar-refractivity contribution in [3.63, 3.8) is 0 Å². The second-order valence-electron chi connectivity index (χ2n) is 5.76. The minimum absolute atomic E-state index is 0.0666. The van der Waals surface area contributed by atoms with Gasteiger partial charge < -0.3 is 9.42 Å². The Bertz CT molecular complexity index is 806. The minimum atomic E-state index is -0.0666. The van der Waals surface area contributed by atoms with Crippen LogP contribution in [0.15, 0.2) is 71.3 Å². The molecule has 1 aliphatic heterocycles. The van der Waals surface area contributed by atoms with Crippen LogP contribution >= 0.6 is 0 Å². The summed E-state index contributed by atoms with van der Waals surface area (Å²) in [5.74, 6) is 0.970. The van der Waals surface area contributed by atoms with Crippen molar-refractivity contribution in [2.75, 3.05) is 13.1 Å². The first-order valence-corrected chi connectivity index (χ1v) is 7.67. The lowest BCUT2D eigenvalue weighted by molar-refractivity contribution is 0.0591. The van der Waals surface area contributed by atoms with E-state index >= 15 is 0 Å². The number of carbonyl (C=O) groups excluding carboxylic acids is 1. The summed E-state index contributed by atoms with van der Waals surface area (Å²) in [5.41, 5.74) is 2.57. The number of nitrogens with zero attached hydrogens (tertiary/aromatic N) is 2. The molecule has 1 saturated heterocycles. The molecule has 4 heteroatoms. The van der Waals surface area contributed by atoms with E-state index in [4.69, 9.17) is 4.52 Å². The van der Waals surface area contributed by atoms with Crippen molar-refractivity contribution >= 4 is 5.91 Å². The number of hydrogen-bond acceptors (Lipinski definition) is 3. The van der Waals surface area contributed by atoms with Crippen LogP contribution in [0.4, 0.5) is 0 Å². The lowest BCUT2D eigenvalue weighted by Gasteiger charge is -2.39. The monoisotopic (exact) mass is 304 g/mol. The predicted molar refractivity (Wildman–Crippen MR) is 87.0 cm³/mol. The van der Waals surface area contributed by atoms with Crippen molar-refractivity contribution in [2.45, 2.75) is 5.92 Å². The van der Waals surface area contributed by atoms with Crippen LogP contribution in [-0.4, -0.2) is 29.1 Å². The molecule has 4 nitrogen and oxygen atoms in total. The molecular weight excluding hydrogens is 288 g/mol. The van der Waals surface area contributed by atoms with Crippen molar-refractivity contribution in [3.8, 4) is 11.3 Å². The van der Waals surface area contributed by atoms with Crippen LogP contribution in [-0.2, 0) is 0 Å². The summed E-state index contributed by atoms with van der Waals surface area (Å²) in [6.07, 6.45) is 0. The number of benzene rings is 2. The summed E-state index contributed by atoms with van der Waals surface area (Å²) in [6, 6.07) is 21.7. The van der Waals surface area contributed by atoms with Gasteiger partial charge in [-0.1, -0.05) is 65.8 Å². The first kappa shape index (κ1) is 13.8. The molecule has 1 aliphatic rings. The average molecular weight is 304 g/mol. The summed E-state index contributed by atoms with van der Waals surface area (Å²) >= 11 is 0. The highest BCUT2D eigenvalue weighted by Crippen LogP contribution is 2.28. The van der Waals surface area contributed by atoms with E-state index in [1.165, 1.54) is 5.56 Å². The van der Waals surface area contributed by atoms with E-state index in [1.54, 1.807) is 6.07 Å². The van der Waals surface area contributed by atoms with Gasteiger partial charge in [0.25, 0.3) is 5.91 Å². The van der Waals surface area contributed by atoms with Gasteiger partial charge in [0, 0.05) is 30.6 Å². The van der Waals surface area contributed by atoms with E-state index in [1.807, 2.05) is 53.4 Å². The van der Waals surface area contributed by atoms with Gasteiger partial charge >= 0.3 is 0 Å². The molecule has 23 heavy (non-hydrogen) atoms. The van der Waals surface area contributed by atoms with Crippen molar-refractivity contribution in [1.29, 1.82) is 0 Å². The molecule has 4 rings (SSSR count). The SMILES string of the molecule is O=C(c1cc(-c2ccccc2)on1)N1CC(c2ccccc2)C1. The molecule has 0 unspecified atom stereocenters. The zero-order chi connectivity index (χ0) is 15.6. The summed E-state index contributed by atoms with van der Waals surface area (Å²) in [6.45, 7) is 1.47. The lowest BCUT2D eigenvalue weighted by Crippen LogP contribution is -2.48. The summed E-state index contributed by atoms with van der Waals surface area (Å²) in [5, 5.41) is 3.93. The molecule has 2 heterocycles. The third-order valence-corrected chi connectivity index (χ3v) is 4.23. The molecule has 1 amide bonds. The van der Waals surface area contributed by atoms with Crippen molar-refractivity contribution in [2.24, 2.45) is 0 Å². The molecule has 0 N–H and O–H groups in total. The Morgan fingerprint density at radius 2 is 1.65 bits per heavy atom. The summed E-state index contributed by atoms with van der Waals surface area (Å²) in [7, 11) is 0. The summed E-state index contributed by atoms with van der Waals surface area (Å²) < 4.78 is 5.30. The Morgan fingerprint density at radius 3 is 2.35 bits per heavy atom. The number of rotatable bonds is 3. The van der Waals surface area contributed by atoms with Crippen molar-refractivity contribution in [1.82, 2.24) is 10.1 Å². The van der Waals surface area contributed by atoms with E-state index in [2.05, 4.69) is 17.3 Å². The van der Waals surface area contributed by atoms with Crippen LogP contribution < -0.4 is 0 Å². The molecule has 1 fully saturated rings. The minimum Gasteiger partial charge on any atom is -0.355 e. The fourth-order valence-electron chi connectivity index (χ4n) is 2.86. The Balaban J connectivity index is 1.44. The molecule has 3 aromatic rings. The van der Waals surface area contributed by atoms with E-state index in [-0.39, 0.29) is 5.91 Å². The Labute approximate surface area is 134 Å². The zero-order valence-electron chi connectivity index (χ0n) is 12.6. The van der Waals surface area contributed by atoms with Gasteiger partial charge in [-0.05, 0) is 5.56 Å².